The lowest BCUT2D eigenvalue weighted by molar-refractivity contribution is 0.0965. The fourth-order valence-corrected chi connectivity index (χ4v) is 2.38. The van der Waals surface area contributed by atoms with E-state index in [1.54, 1.807) is 18.3 Å². The van der Waals surface area contributed by atoms with E-state index in [0.29, 0.717) is 23.5 Å². The highest BCUT2D eigenvalue weighted by atomic mass is 16.1. The van der Waals surface area contributed by atoms with Crippen LogP contribution >= 0.6 is 0 Å². The molecule has 0 N–H and O–H groups in total. The Labute approximate surface area is 116 Å². The van der Waals surface area contributed by atoms with Crippen molar-refractivity contribution in [1.82, 2.24) is 9.97 Å². The van der Waals surface area contributed by atoms with E-state index in [9.17, 15) is 9.59 Å². The highest BCUT2D eigenvalue weighted by Gasteiger charge is 2.20. The van der Waals surface area contributed by atoms with E-state index in [0.717, 1.165) is 24.0 Å². The molecule has 0 atom stereocenters. The van der Waals surface area contributed by atoms with E-state index < -0.39 is 0 Å². The number of aryl methyl sites for hydroxylation is 1. The van der Waals surface area contributed by atoms with Crippen molar-refractivity contribution in [2.24, 2.45) is 0 Å². The summed E-state index contributed by atoms with van der Waals surface area (Å²) >= 11 is 0. The van der Waals surface area contributed by atoms with Crippen LogP contribution in [0.5, 0.6) is 0 Å². The first-order valence-electron chi connectivity index (χ1n) is 6.65. The summed E-state index contributed by atoms with van der Waals surface area (Å²) in [7, 11) is 0. The van der Waals surface area contributed by atoms with Gasteiger partial charge in [0.05, 0.1) is 0 Å². The molecule has 0 fully saturated rings. The third-order valence-corrected chi connectivity index (χ3v) is 3.53. The molecule has 1 aromatic carbocycles. The van der Waals surface area contributed by atoms with Gasteiger partial charge in [0.25, 0.3) is 0 Å². The van der Waals surface area contributed by atoms with Crippen LogP contribution in [0.2, 0.25) is 0 Å². The monoisotopic (exact) mass is 266 g/mol. The number of benzene rings is 1. The molecule has 1 aliphatic carbocycles. The quantitative estimate of drug-likeness (QED) is 0.784. The molecule has 0 unspecified atom stereocenters. The van der Waals surface area contributed by atoms with Gasteiger partial charge in [-0.1, -0.05) is 24.3 Å². The zero-order valence-corrected chi connectivity index (χ0v) is 11.2. The van der Waals surface area contributed by atoms with Gasteiger partial charge in [-0.25, -0.2) is 9.97 Å². The minimum Gasteiger partial charge on any atom is -0.295 e. The van der Waals surface area contributed by atoms with Crippen molar-refractivity contribution in [1.29, 1.82) is 0 Å². The molecule has 4 heteroatoms. The highest BCUT2D eigenvalue weighted by Crippen LogP contribution is 2.22. The molecule has 0 amide bonds. The Morgan fingerprint density at radius 3 is 2.60 bits per heavy atom. The number of ketones is 2. The SMILES string of the molecule is CC(=O)c1ccc(-c2ncc3c(n2)C(=O)CCC3)cc1. The van der Waals surface area contributed by atoms with Crippen molar-refractivity contribution in [3.05, 3.63) is 47.3 Å². The van der Waals surface area contributed by atoms with Gasteiger partial charge in [-0.2, -0.15) is 0 Å². The van der Waals surface area contributed by atoms with E-state index >= 15 is 0 Å². The number of carbonyl (C=O) groups excluding carboxylic acids is 2. The minimum atomic E-state index is 0.0260. The summed E-state index contributed by atoms with van der Waals surface area (Å²) in [5.74, 6) is 0.655. The Balaban J connectivity index is 2.00. The predicted octanol–water partition coefficient (Wildman–Crippen LogP) is 2.87. The Morgan fingerprint density at radius 1 is 1.15 bits per heavy atom. The summed E-state index contributed by atoms with van der Waals surface area (Å²) in [5.41, 5.74) is 2.96. The van der Waals surface area contributed by atoms with Crippen LogP contribution in [0.4, 0.5) is 0 Å². The van der Waals surface area contributed by atoms with E-state index in [4.69, 9.17) is 0 Å². The minimum absolute atomic E-state index is 0.0260. The molecule has 20 heavy (non-hydrogen) atoms. The second-order valence-corrected chi connectivity index (χ2v) is 4.98. The van der Waals surface area contributed by atoms with E-state index in [1.807, 2.05) is 12.1 Å². The number of hydrogen-bond acceptors (Lipinski definition) is 4. The summed E-state index contributed by atoms with van der Waals surface area (Å²) < 4.78 is 0. The molecule has 1 heterocycles. The van der Waals surface area contributed by atoms with Gasteiger partial charge in [0.2, 0.25) is 0 Å². The van der Waals surface area contributed by atoms with Crippen LogP contribution in [0.25, 0.3) is 11.4 Å². The highest BCUT2D eigenvalue weighted by molar-refractivity contribution is 5.97. The van der Waals surface area contributed by atoms with E-state index in [2.05, 4.69) is 9.97 Å². The van der Waals surface area contributed by atoms with Gasteiger partial charge in [0.1, 0.15) is 5.69 Å². The number of hydrogen-bond donors (Lipinski definition) is 0. The van der Waals surface area contributed by atoms with Gasteiger partial charge in [0.15, 0.2) is 17.4 Å². The van der Waals surface area contributed by atoms with Gasteiger partial charge in [0, 0.05) is 23.7 Å². The number of Topliss-reactive ketones (excluding diaryl/α,β-unsaturated/α-hetero) is 2. The Hall–Kier alpha value is -2.36. The predicted molar refractivity (Wildman–Crippen MR) is 74.7 cm³/mol. The van der Waals surface area contributed by atoms with Crippen molar-refractivity contribution in [2.75, 3.05) is 0 Å². The maximum atomic E-state index is 11.9. The third kappa shape index (κ3) is 2.25. The molecule has 0 radical (unpaired) electrons. The summed E-state index contributed by atoms with van der Waals surface area (Å²) in [6.07, 6.45) is 4.05. The lowest BCUT2D eigenvalue weighted by Gasteiger charge is -2.13. The smallest absolute Gasteiger partial charge is 0.181 e. The van der Waals surface area contributed by atoms with Crippen LogP contribution in [0.3, 0.4) is 0 Å². The van der Waals surface area contributed by atoms with Crippen molar-refractivity contribution >= 4 is 11.6 Å². The van der Waals surface area contributed by atoms with Crippen LogP contribution in [0.1, 0.15) is 46.2 Å². The molecule has 3 rings (SSSR count). The van der Waals surface area contributed by atoms with Crippen molar-refractivity contribution in [2.45, 2.75) is 26.2 Å². The second-order valence-electron chi connectivity index (χ2n) is 4.98. The summed E-state index contributed by atoms with van der Waals surface area (Å²) in [6.45, 7) is 1.53. The molecule has 100 valence electrons. The zero-order valence-electron chi connectivity index (χ0n) is 11.2. The topological polar surface area (TPSA) is 59.9 Å². The maximum Gasteiger partial charge on any atom is 0.181 e. The average molecular weight is 266 g/mol. The van der Waals surface area contributed by atoms with Gasteiger partial charge in [-0.3, -0.25) is 9.59 Å². The van der Waals surface area contributed by atoms with Crippen LogP contribution < -0.4 is 0 Å². The molecule has 0 aliphatic heterocycles. The van der Waals surface area contributed by atoms with Crippen LogP contribution in [0.15, 0.2) is 30.5 Å². The molecule has 1 aliphatic rings. The number of fused-ring (bicyclic) bond motifs is 1. The molecule has 0 saturated heterocycles. The third-order valence-electron chi connectivity index (χ3n) is 3.53. The second kappa shape index (κ2) is 4.96. The fourth-order valence-electron chi connectivity index (χ4n) is 2.38. The van der Waals surface area contributed by atoms with Crippen LogP contribution in [-0.4, -0.2) is 21.5 Å². The molecular formula is C16H14N2O2. The van der Waals surface area contributed by atoms with Gasteiger partial charge < -0.3 is 0 Å². The first-order valence-corrected chi connectivity index (χ1v) is 6.65. The summed E-state index contributed by atoms with van der Waals surface area (Å²) in [6, 6.07) is 7.13. The molecule has 2 aromatic rings. The largest absolute Gasteiger partial charge is 0.295 e. The first kappa shape index (κ1) is 12.7. The zero-order chi connectivity index (χ0) is 14.1. The lowest BCUT2D eigenvalue weighted by Crippen LogP contribution is -2.14. The Bertz CT molecular complexity index is 690. The first-order chi connectivity index (χ1) is 9.65. The van der Waals surface area contributed by atoms with Gasteiger partial charge in [-0.05, 0) is 25.3 Å². The molecule has 1 aromatic heterocycles. The van der Waals surface area contributed by atoms with Crippen LogP contribution in [-0.2, 0) is 6.42 Å². The standard InChI is InChI=1S/C16H14N2O2/c1-10(19)11-5-7-12(8-6-11)16-17-9-13-3-2-4-14(20)15(13)18-16/h5-9H,2-4H2,1H3. The van der Waals surface area contributed by atoms with Crippen LogP contribution in [0, 0.1) is 0 Å². The maximum absolute atomic E-state index is 11.9. The molecule has 0 spiro atoms. The number of carbonyl (C=O) groups is 2. The molecule has 4 nitrogen and oxygen atoms in total. The molecule has 0 bridgehead atoms. The number of aromatic nitrogens is 2. The van der Waals surface area contributed by atoms with Crippen molar-refractivity contribution < 1.29 is 9.59 Å². The van der Waals surface area contributed by atoms with Crippen molar-refractivity contribution in [3.8, 4) is 11.4 Å². The summed E-state index contributed by atoms with van der Waals surface area (Å²) in [5, 5.41) is 0. The fraction of sp³-hybridized carbons (Fsp3) is 0.250. The summed E-state index contributed by atoms with van der Waals surface area (Å²) in [4.78, 5) is 31.8. The van der Waals surface area contributed by atoms with Gasteiger partial charge >= 0.3 is 0 Å². The Kier molecular flexibility index (Phi) is 3.14. The average Bonchev–Trinajstić information content (AvgIpc) is 2.47. The molecular weight excluding hydrogens is 252 g/mol. The molecule has 0 saturated carbocycles. The van der Waals surface area contributed by atoms with E-state index in [-0.39, 0.29) is 11.6 Å². The van der Waals surface area contributed by atoms with E-state index in [1.165, 1.54) is 6.92 Å². The van der Waals surface area contributed by atoms with Crippen molar-refractivity contribution in [3.63, 3.8) is 0 Å². The lowest BCUT2D eigenvalue weighted by atomic mass is 9.96. The number of nitrogens with zero attached hydrogens (tertiary/aromatic N) is 2. The normalized spacial score (nSPS) is 13.9. The number of rotatable bonds is 2. The Morgan fingerprint density at radius 2 is 1.90 bits per heavy atom. The van der Waals surface area contributed by atoms with Gasteiger partial charge in [-0.15, -0.1) is 0 Å².